The van der Waals surface area contributed by atoms with Crippen molar-refractivity contribution in [3.05, 3.63) is 29.3 Å². The molecule has 1 aromatic carbocycles. The monoisotopic (exact) mass is 304 g/mol. The minimum atomic E-state index is -0.374. The molecule has 1 amide bonds. The number of carbonyl (C=O) groups is 1. The maximum absolute atomic E-state index is 12.2. The van der Waals surface area contributed by atoms with Crippen molar-refractivity contribution in [2.75, 3.05) is 38.2 Å². The average Bonchev–Trinajstić information content (AvgIpc) is 2.89. The minimum absolute atomic E-state index is 0.0363. The highest BCUT2D eigenvalue weighted by Gasteiger charge is 2.39. The molecule has 2 saturated heterocycles. The third-order valence-electron chi connectivity index (χ3n) is 4.30. The van der Waals surface area contributed by atoms with Crippen LogP contribution in [0.1, 0.15) is 24.0 Å². The van der Waals surface area contributed by atoms with Gasteiger partial charge in [0.15, 0.2) is 5.79 Å². The molecular formula is C17H24N2O3. The molecule has 0 atom stereocenters. The number of nitrogens with zero attached hydrogens (tertiary/aromatic N) is 1. The van der Waals surface area contributed by atoms with E-state index in [1.807, 2.05) is 26.0 Å². The zero-order valence-corrected chi connectivity index (χ0v) is 13.4. The van der Waals surface area contributed by atoms with Gasteiger partial charge in [0, 0.05) is 31.6 Å². The van der Waals surface area contributed by atoms with E-state index in [0.29, 0.717) is 19.8 Å². The third kappa shape index (κ3) is 3.66. The van der Waals surface area contributed by atoms with Crippen LogP contribution in [-0.4, -0.2) is 49.4 Å². The summed E-state index contributed by atoms with van der Waals surface area (Å²) in [7, 11) is 0. The van der Waals surface area contributed by atoms with Gasteiger partial charge in [-0.25, -0.2) is 0 Å². The van der Waals surface area contributed by atoms with E-state index in [0.717, 1.165) is 42.7 Å². The fraction of sp³-hybridized carbons (Fsp3) is 0.588. The number of likely N-dealkylation sites (tertiary alicyclic amines) is 1. The first-order valence-electron chi connectivity index (χ1n) is 7.93. The lowest BCUT2D eigenvalue weighted by atomic mass is 10.0. The van der Waals surface area contributed by atoms with Gasteiger partial charge in [-0.1, -0.05) is 6.07 Å². The lowest BCUT2D eigenvalue weighted by Gasteiger charge is -2.37. The van der Waals surface area contributed by atoms with Gasteiger partial charge in [0.2, 0.25) is 5.91 Å². The second-order valence-electron chi connectivity index (χ2n) is 6.31. The van der Waals surface area contributed by atoms with Crippen molar-refractivity contribution in [2.24, 2.45) is 0 Å². The fourth-order valence-corrected chi connectivity index (χ4v) is 3.29. The van der Waals surface area contributed by atoms with E-state index in [1.165, 1.54) is 0 Å². The lowest BCUT2D eigenvalue weighted by molar-refractivity contribution is -0.185. The molecule has 5 nitrogen and oxygen atoms in total. The van der Waals surface area contributed by atoms with Crippen LogP contribution >= 0.6 is 0 Å². The Morgan fingerprint density at radius 3 is 2.32 bits per heavy atom. The molecular weight excluding hydrogens is 280 g/mol. The number of ether oxygens (including phenoxy) is 2. The van der Waals surface area contributed by atoms with E-state index in [1.54, 1.807) is 0 Å². The summed E-state index contributed by atoms with van der Waals surface area (Å²) in [5, 5.41) is 2.99. The van der Waals surface area contributed by atoms with E-state index in [4.69, 9.17) is 9.47 Å². The van der Waals surface area contributed by atoms with Crippen LogP contribution in [0.15, 0.2) is 18.2 Å². The zero-order valence-electron chi connectivity index (χ0n) is 13.4. The minimum Gasteiger partial charge on any atom is -0.347 e. The molecule has 0 bridgehead atoms. The third-order valence-corrected chi connectivity index (χ3v) is 4.30. The van der Waals surface area contributed by atoms with Gasteiger partial charge in [-0.2, -0.15) is 0 Å². The summed E-state index contributed by atoms with van der Waals surface area (Å²) in [6.45, 7) is 7.53. The van der Waals surface area contributed by atoms with Crippen molar-refractivity contribution in [3.8, 4) is 0 Å². The van der Waals surface area contributed by atoms with Gasteiger partial charge in [0.25, 0.3) is 0 Å². The molecule has 0 aliphatic carbocycles. The molecule has 2 fully saturated rings. The van der Waals surface area contributed by atoms with Crippen LogP contribution in [-0.2, 0) is 14.3 Å². The number of hydrogen-bond acceptors (Lipinski definition) is 4. The highest BCUT2D eigenvalue weighted by atomic mass is 16.7. The van der Waals surface area contributed by atoms with Crippen molar-refractivity contribution in [1.29, 1.82) is 0 Å². The molecule has 2 aliphatic rings. The summed E-state index contributed by atoms with van der Waals surface area (Å²) in [5.74, 6) is -0.338. The molecule has 3 rings (SSSR count). The van der Waals surface area contributed by atoms with Gasteiger partial charge in [-0.05, 0) is 37.1 Å². The molecule has 1 spiro atoms. The lowest BCUT2D eigenvalue weighted by Crippen LogP contribution is -2.47. The van der Waals surface area contributed by atoms with E-state index in [-0.39, 0.29) is 11.7 Å². The molecule has 22 heavy (non-hydrogen) atoms. The summed E-state index contributed by atoms with van der Waals surface area (Å²) < 4.78 is 11.4. The smallest absolute Gasteiger partial charge is 0.238 e. The highest BCUT2D eigenvalue weighted by Crippen LogP contribution is 2.31. The van der Waals surface area contributed by atoms with E-state index >= 15 is 0 Å². The molecule has 2 heterocycles. The van der Waals surface area contributed by atoms with Gasteiger partial charge in [0.1, 0.15) is 0 Å². The molecule has 2 aliphatic heterocycles. The van der Waals surface area contributed by atoms with Crippen LogP contribution in [0.2, 0.25) is 0 Å². The molecule has 0 aromatic heterocycles. The number of anilines is 1. The van der Waals surface area contributed by atoms with Gasteiger partial charge in [-0.3, -0.25) is 9.69 Å². The first kappa shape index (κ1) is 15.5. The second kappa shape index (κ2) is 6.36. The molecule has 5 heteroatoms. The Balaban J connectivity index is 1.50. The first-order chi connectivity index (χ1) is 10.5. The Labute approximate surface area is 131 Å². The van der Waals surface area contributed by atoms with Crippen LogP contribution in [0.5, 0.6) is 0 Å². The standard InChI is InChI=1S/C17H24N2O3/c1-13-9-14(2)11-15(10-13)18-16(20)12-19-5-3-17(4-6-19)21-7-8-22-17/h9-11H,3-8,12H2,1-2H3,(H,18,20). The van der Waals surface area contributed by atoms with E-state index in [9.17, 15) is 4.79 Å². The van der Waals surface area contributed by atoms with Gasteiger partial charge < -0.3 is 14.8 Å². The quantitative estimate of drug-likeness (QED) is 0.929. The molecule has 0 radical (unpaired) electrons. The SMILES string of the molecule is Cc1cc(C)cc(NC(=O)CN2CCC3(CC2)OCCO3)c1. The number of nitrogens with one attached hydrogen (secondary N) is 1. The maximum Gasteiger partial charge on any atom is 0.238 e. The van der Waals surface area contributed by atoms with Crippen LogP contribution < -0.4 is 5.32 Å². The zero-order chi connectivity index (χ0) is 15.6. The van der Waals surface area contributed by atoms with Gasteiger partial charge in [0.05, 0.1) is 19.8 Å². The summed E-state index contributed by atoms with van der Waals surface area (Å²) in [4.78, 5) is 14.4. The Bertz CT molecular complexity index is 523. The molecule has 1 N–H and O–H groups in total. The van der Waals surface area contributed by atoms with Crippen molar-refractivity contribution in [2.45, 2.75) is 32.5 Å². The Hall–Kier alpha value is -1.43. The predicted octanol–water partition coefficient (Wildman–Crippen LogP) is 2.08. The van der Waals surface area contributed by atoms with Crippen LogP contribution in [0.4, 0.5) is 5.69 Å². The Kier molecular flexibility index (Phi) is 4.47. The van der Waals surface area contributed by atoms with Crippen LogP contribution in [0, 0.1) is 13.8 Å². The number of piperidine rings is 1. The number of rotatable bonds is 3. The Morgan fingerprint density at radius 1 is 1.14 bits per heavy atom. The van der Waals surface area contributed by atoms with Gasteiger partial charge >= 0.3 is 0 Å². The predicted molar refractivity (Wildman–Crippen MR) is 84.9 cm³/mol. The van der Waals surface area contributed by atoms with E-state index < -0.39 is 0 Å². The highest BCUT2D eigenvalue weighted by molar-refractivity contribution is 5.92. The van der Waals surface area contributed by atoms with Crippen molar-refractivity contribution < 1.29 is 14.3 Å². The molecule has 120 valence electrons. The average molecular weight is 304 g/mol. The first-order valence-corrected chi connectivity index (χ1v) is 7.93. The maximum atomic E-state index is 12.2. The normalized spacial score (nSPS) is 21.2. The van der Waals surface area contributed by atoms with Crippen molar-refractivity contribution >= 4 is 11.6 Å². The number of aryl methyl sites for hydroxylation is 2. The number of hydrogen-bond donors (Lipinski definition) is 1. The molecule has 0 unspecified atom stereocenters. The molecule has 1 aromatic rings. The summed E-state index contributed by atoms with van der Waals surface area (Å²) in [6.07, 6.45) is 1.67. The van der Waals surface area contributed by atoms with Crippen LogP contribution in [0.25, 0.3) is 0 Å². The van der Waals surface area contributed by atoms with E-state index in [2.05, 4.69) is 16.3 Å². The second-order valence-corrected chi connectivity index (χ2v) is 6.31. The summed E-state index contributed by atoms with van der Waals surface area (Å²) in [5.41, 5.74) is 3.19. The number of benzene rings is 1. The summed E-state index contributed by atoms with van der Waals surface area (Å²) in [6, 6.07) is 6.09. The van der Waals surface area contributed by atoms with Gasteiger partial charge in [-0.15, -0.1) is 0 Å². The largest absolute Gasteiger partial charge is 0.347 e. The molecule has 0 saturated carbocycles. The fourth-order valence-electron chi connectivity index (χ4n) is 3.29. The number of carbonyl (C=O) groups excluding carboxylic acids is 1. The Morgan fingerprint density at radius 2 is 1.73 bits per heavy atom. The number of amides is 1. The summed E-state index contributed by atoms with van der Waals surface area (Å²) >= 11 is 0. The van der Waals surface area contributed by atoms with Crippen molar-refractivity contribution in [1.82, 2.24) is 4.90 Å². The van der Waals surface area contributed by atoms with Crippen molar-refractivity contribution in [3.63, 3.8) is 0 Å². The van der Waals surface area contributed by atoms with Crippen LogP contribution in [0.3, 0.4) is 0 Å². The topological polar surface area (TPSA) is 50.8 Å².